The molecule has 0 aliphatic heterocycles. The Labute approximate surface area is 432 Å². The zero-order valence-corrected chi connectivity index (χ0v) is 48.6. The molecule has 0 bridgehead atoms. The molecular weight excluding hydrogens is 981 g/mol. The lowest BCUT2D eigenvalue weighted by molar-refractivity contribution is 0.553. The first-order valence-electron chi connectivity index (χ1n) is 28.5. The molecule has 3 aromatic rings. The van der Waals surface area contributed by atoms with Crippen LogP contribution < -0.4 is 0 Å². The van der Waals surface area contributed by atoms with Gasteiger partial charge in [-0.05, 0) is 105 Å². The average molecular weight is 1080 g/mol. The van der Waals surface area contributed by atoms with E-state index in [9.17, 15) is 0 Å². The highest BCUT2D eigenvalue weighted by molar-refractivity contribution is 9.11. The molecule has 0 aliphatic carbocycles. The molecule has 0 unspecified atom stereocenters. The molecule has 3 rings (SSSR count). The summed E-state index contributed by atoms with van der Waals surface area (Å²) in [7, 11) is 0. The summed E-state index contributed by atoms with van der Waals surface area (Å²) in [6.45, 7) is 9.27. The highest BCUT2D eigenvalue weighted by Crippen LogP contribution is 2.47. The standard InChI is InChI=1S/C58H100Br2N2S3/c1-5-9-13-17-21-25-29-33-37-41-45-49-51(47-43-39-35-31-27-23-19-15-11-7-3)55(59)63-53(49)57-61-62-58(65-57)54-50(46-42-38-34-30-26-22-18-14-10-6-2)52(56(60)64-54)48-44-40-36-32-28-24-20-16-12-8-4/h5-48H2,1-4H3. The summed E-state index contributed by atoms with van der Waals surface area (Å²) in [6, 6.07) is 0. The fraction of sp³-hybridized carbons (Fsp3) is 0.828. The minimum atomic E-state index is 1.15. The summed E-state index contributed by atoms with van der Waals surface area (Å²) in [5, 5.41) is 12.4. The van der Waals surface area contributed by atoms with Crippen LogP contribution in [0.25, 0.3) is 19.8 Å². The van der Waals surface area contributed by atoms with Gasteiger partial charge in [-0.25, -0.2) is 0 Å². The molecule has 7 heteroatoms. The van der Waals surface area contributed by atoms with Gasteiger partial charge in [-0.2, -0.15) is 0 Å². The number of unbranched alkanes of at least 4 members (excludes halogenated alkanes) is 36. The fourth-order valence-electron chi connectivity index (χ4n) is 9.87. The van der Waals surface area contributed by atoms with Crippen molar-refractivity contribution in [1.82, 2.24) is 10.2 Å². The third kappa shape index (κ3) is 26.1. The Morgan fingerprint density at radius 3 is 0.692 bits per heavy atom. The number of halogens is 2. The second-order valence-corrected chi connectivity index (χ2v) is 25.6. The van der Waals surface area contributed by atoms with Crippen molar-refractivity contribution >= 4 is 65.9 Å². The van der Waals surface area contributed by atoms with E-state index in [0.29, 0.717) is 0 Å². The molecule has 3 aromatic heterocycles. The van der Waals surface area contributed by atoms with Crippen molar-refractivity contribution in [2.45, 2.75) is 310 Å². The molecule has 374 valence electrons. The van der Waals surface area contributed by atoms with Crippen LogP contribution in [0, 0.1) is 0 Å². The van der Waals surface area contributed by atoms with E-state index in [0.717, 1.165) is 10.0 Å². The van der Waals surface area contributed by atoms with Crippen molar-refractivity contribution in [2.75, 3.05) is 0 Å². The number of hydrogen-bond acceptors (Lipinski definition) is 5. The zero-order valence-electron chi connectivity index (χ0n) is 43.0. The second kappa shape index (κ2) is 40.6. The van der Waals surface area contributed by atoms with E-state index in [1.54, 1.807) is 22.3 Å². The van der Waals surface area contributed by atoms with E-state index in [2.05, 4.69) is 59.6 Å². The predicted molar refractivity (Wildman–Crippen MR) is 304 cm³/mol. The number of rotatable bonds is 46. The lowest BCUT2D eigenvalue weighted by Crippen LogP contribution is -1.95. The third-order valence-electron chi connectivity index (χ3n) is 14.1. The SMILES string of the molecule is CCCCCCCCCCCCc1c(Br)sc(-c2nnc(-c3sc(Br)c(CCCCCCCCCCCC)c3CCCCCCCCCCCC)s2)c1CCCCCCCCCCCC. The van der Waals surface area contributed by atoms with E-state index in [-0.39, 0.29) is 0 Å². The van der Waals surface area contributed by atoms with E-state index < -0.39 is 0 Å². The van der Waals surface area contributed by atoms with Crippen LogP contribution in [-0.4, -0.2) is 10.2 Å². The van der Waals surface area contributed by atoms with E-state index >= 15 is 0 Å². The van der Waals surface area contributed by atoms with Gasteiger partial charge in [0.25, 0.3) is 0 Å². The molecule has 0 aromatic carbocycles. The molecule has 0 N–H and O–H groups in total. The van der Waals surface area contributed by atoms with Crippen LogP contribution in [0.2, 0.25) is 0 Å². The molecule has 0 radical (unpaired) electrons. The quantitative estimate of drug-likeness (QED) is 0.0527. The molecule has 2 nitrogen and oxygen atoms in total. The molecule has 0 fully saturated rings. The van der Waals surface area contributed by atoms with Gasteiger partial charge in [-0.1, -0.05) is 270 Å². The minimum Gasteiger partial charge on any atom is -0.137 e. The van der Waals surface area contributed by atoms with Crippen LogP contribution in [0.1, 0.15) is 307 Å². The maximum atomic E-state index is 5.05. The lowest BCUT2D eigenvalue weighted by Gasteiger charge is -2.09. The number of nitrogens with zero attached hydrogens (tertiary/aromatic N) is 2. The Hall–Kier alpha value is -0.0800. The van der Waals surface area contributed by atoms with Crippen LogP contribution in [0.4, 0.5) is 0 Å². The summed E-state index contributed by atoms with van der Waals surface area (Å²) in [5.41, 5.74) is 6.33. The smallest absolute Gasteiger partial charge is 0.137 e. The minimum absolute atomic E-state index is 1.15. The summed E-state index contributed by atoms with van der Waals surface area (Å²) < 4.78 is 2.70. The van der Waals surface area contributed by atoms with Crippen LogP contribution in [0.15, 0.2) is 7.57 Å². The van der Waals surface area contributed by atoms with Crippen molar-refractivity contribution < 1.29 is 0 Å². The topological polar surface area (TPSA) is 25.8 Å². The predicted octanol–water partition coefficient (Wildman–Crippen LogP) is 23.4. The summed E-state index contributed by atoms with van der Waals surface area (Å²) in [5.74, 6) is 0. The third-order valence-corrected chi connectivity index (χ3v) is 19.4. The van der Waals surface area contributed by atoms with E-state index in [4.69, 9.17) is 10.2 Å². The van der Waals surface area contributed by atoms with Crippen molar-refractivity contribution in [1.29, 1.82) is 0 Å². The highest BCUT2D eigenvalue weighted by atomic mass is 79.9. The maximum Gasteiger partial charge on any atom is 0.158 e. The first-order valence-corrected chi connectivity index (χ1v) is 32.5. The molecule has 3 heterocycles. The maximum absolute atomic E-state index is 5.05. The Balaban J connectivity index is 1.71. The van der Waals surface area contributed by atoms with Gasteiger partial charge in [0, 0.05) is 0 Å². The van der Waals surface area contributed by atoms with Gasteiger partial charge in [0.1, 0.15) is 0 Å². The van der Waals surface area contributed by atoms with Crippen LogP contribution in [0.3, 0.4) is 0 Å². The van der Waals surface area contributed by atoms with Gasteiger partial charge >= 0.3 is 0 Å². The van der Waals surface area contributed by atoms with E-state index in [1.165, 1.54) is 300 Å². The highest BCUT2D eigenvalue weighted by Gasteiger charge is 2.24. The molecule has 65 heavy (non-hydrogen) atoms. The molecule has 0 aliphatic rings. The molecular formula is C58H100Br2N2S3. The average Bonchev–Trinajstić information content (AvgIpc) is 4.01. The van der Waals surface area contributed by atoms with Crippen LogP contribution >= 0.6 is 65.9 Å². The number of aromatic nitrogens is 2. The first kappa shape index (κ1) is 59.2. The molecule has 0 saturated carbocycles. The van der Waals surface area contributed by atoms with Gasteiger partial charge < -0.3 is 0 Å². The Morgan fingerprint density at radius 2 is 0.462 bits per heavy atom. The largest absolute Gasteiger partial charge is 0.158 e. The van der Waals surface area contributed by atoms with Gasteiger partial charge in [-0.15, -0.1) is 32.9 Å². The Morgan fingerprint density at radius 1 is 0.262 bits per heavy atom. The van der Waals surface area contributed by atoms with Gasteiger partial charge in [0.2, 0.25) is 0 Å². The number of hydrogen-bond donors (Lipinski definition) is 0. The molecule has 0 saturated heterocycles. The molecule has 0 spiro atoms. The monoisotopic (exact) mass is 1080 g/mol. The summed E-state index contributed by atoms with van der Waals surface area (Å²) >= 11 is 14.0. The lowest BCUT2D eigenvalue weighted by atomic mass is 9.98. The first-order chi connectivity index (χ1) is 32.0. The molecule has 0 atom stereocenters. The second-order valence-electron chi connectivity index (χ2n) is 20.0. The van der Waals surface area contributed by atoms with Gasteiger partial charge in [0.05, 0.1) is 17.3 Å². The molecule has 0 amide bonds. The van der Waals surface area contributed by atoms with Gasteiger partial charge in [0.15, 0.2) is 10.0 Å². The van der Waals surface area contributed by atoms with Crippen molar-refractivity contribution in [3.8, 4) is 19.8 Å². The van der Waals surface area contributed by atoms with Crippen molar-refractivity contribution in [3.63, 3.8) is 0 Å². The van der Waals surface area contributed by atoms with Crippen molar-refractivity contribution in [2.24, 2.45) is 0 Å². The fourth-order valence-corrected chi connectivity index (χ4v) is 15.0. The Kier molecular flexibility index (Phi) is 37.0. The zero-order chi connectivity index (χ0) is 46.4. The Bertz CT molecular complexity index is 1430. The summed E-state index contributed by atoms with van der Waals surface area (Å²) in [6.07, 6.45) is 60.2. The number of thiophene rings is 2. The van der Waals surface area contributed by atoms with Crippen LogP contribution in [-0.2, 0) is 25.7 Å². The van der Waals surface area contributed by atoms with Gasteiger partial charge in [-0.3, -0.25) is 0 Å². The summed E-state index contributed by atoms with van der Waals surface area (Å²) in [4.78, 5) is 2.80. The normalized spacial score (nSPS) is 11.8. The van der Waals surface area contributed by atoms with Crippen LogP contribution in [0.5, 0.6) is 0 Å². The van der Waals surface area contributed by atoms with E-state index in [1.807, 2.05) is 34.0 Å². The van der Waals surface area contributed by atoms with Crippen molar-refractivity contribution in [3.05, 3.63) is 29.8 Å².